The van der Waals surface area contributed by atoms with Gasteiger partial charge in [-0.05, 0) is 44.0 Å². The van der Waals surface area contributed by atoms with Crippen LogP contribution in [0.1, 0.15) is 30.0 Å². The Bertz CT molecular complexity index is 876. The number of aromatic nitrogens is 3. The van der Waals surface area contributed by atoms with Crippen molar-refractivity contribution in [1.82, 2.24) is 14.6 Å². The van der Waals surface area contributed by atoms with E-state index < -0.39 is 0 Å². The first kappa shape index (κ1) is 14.0. The third-order valence-corrected chi connectivity index (χ3v) is 4.43. The first-order valence-electron chi connectivity index (χ1n) is 7.69. The van der Waals surface area contributed by atoms with E-state index in [1.165, 1.54) is 18.2 Å². The highest BCUT2D eigenvalue weighted by Crippen LogP contribution is 2.39. The Morgan fingerprint density at radius 3 is 3.04 bits per heavy atom. The number of aryl methyl sites for hydroxylation is 1. The summed E-state index contributed by atoms with van der Waals surface area (Å²) in [5.41, 5.74) is 2.45. The molecule has 0 amide bonds. The van der Waals surface area contributed by atoms with Gasteiger partial charge in [0.25, 0.3) is 0 Å². The summed E-state index contributed by atoms with van der Waals surface area (Å²) in [6.07, 6.45) is 5.51. The van der Waals surface area contributed by atoms with Crippen LogP contribution >= 0.6 is 0 Å². The van der Waals surface area contributed by atoms with Crippen LogP contribution in [0.25, 0.3) is 5.65 Å². The molecule has 1 atom stereocenters. The largest absolute Gasteiger partial charge is 0.508 e. The molecule has 1 aromatic carbocycles. The number of rotatable bonds is 2. The van der Waals surface area contributed by atoms with E-state index in [-0.39, 0.29) is 17.6 Å². The maximum Gasteiger partial charge on any atom is 0.160 e. The van der Waals surface area contributed by atoms with Crippen LogP contribution in [-0.4, -0.2) is 26.2 Å². The van der Waals surface area contributed by atoms with E-state index in [2.05, 4.69) is 10.00 Å². The van der Waals surface area contributed by atoms with Crippen molar-refractivity contribution in [3.63, 3.8) is 0 Å². The zero-order valence-electron chi connectivity index (χ0n) is 12.8. The van der Waals surface area contributed by atoms with Gasteiger partial charge in [-0.15, -0.1) is 0 Å². The molecule has 1 aliphatic rings. The summed E-state index contributed by atoms with van der Waals surface area (Å²) >= 11 is 0. The number of halogens is 1. The van der Waals surface area contributed by atoms with E-state index in [1.54, 1.807) is 10.7 Å². The zero-order chi connectivity index (χ0) is 16.0. The van der Waals surface area contributed by atoms with Crippen LogP contribution < -0.4 is 4.90 Å². The van der Waals surface area contributed by atoms with Gasteiger partial charge >= 0.3 is 0 Å². The molecular formula is C17H17FN4O. The highest BCUT2D eigenvalue weighted by atomic mass is 19.1. The van der Waals surface area contributed by atoms with Crippen molar-refractivity contribution in [3.05, 3.63) is 53.6 Å². The van der Waals surface area contributed by atoms with Crippen molar-refractivity contribution in [2.75, 3.05) is 11.4 Å². The van der Waals surface area contributed by atoms with E-state index in [9.17, 15) is 9.50 Å². The van der Waals surface area contributed by atoms with Gasteiger partial charge in [-0.2, -0.15) is 5.10 Å². The summed E-state index contributed by atoms with van der Waals surface area (Å²) in [5.74, 6) is 0.622. The van der Waals surface area contributed by atoms with Gasteiger partial charge in [-0.1, -0.05) is 0 Å². The smallest absolute Gasteiger partial charge is 0.160 e. The Kier molecular flexibility index (Phi) is 3.18. The Morgan fingerprint density at radius 1 is 1.30 bits per heavy atom. The molecule has 1 N–H and O–H groups in total. The van der Waals surface area contributed by atoms with Crippen LogP contribution in [0.4, 0.5) is 10.2 Å². The Morgan fingerprint density at radius 2 is 2.17 bits per heavy atom. The minimum Gasteiger partial charge on any atom is -0.508 e. The van der Waals surface area contributed by atoms with Gasteiger partial charge in [0.15, 0.2) is 5.65 Å². The summed E-state index contributed by atoms with van der Waals surface area (Å²) in [6, 6.07) is 5.95. The molecular weight excluding hydrogens is 295 g/mol. The van der Waals surface area contributed by atoms with Gasteiger partial charge in [0.05, 0.1) is 12.2 Å². The molecule has 3 heterocycles. The predicted molar refractivity (Wildman–Crippen MR) is 85.1 cm³/mol. The lowest BCUT2D eigenvalue weighted by molar-refractivity contribution is 0.458. The highest BCUT2D eigenvalue weighted by Gasteiger charge is 2.29. The lowest BCUT2D eigenvalue weighted by atomic mass is 10.0. The van der Waals surface area contributed by atoms with Crippen LogP contribution in [0.15, 0.2) is 36.7 Å². The lowest BCUT2D eigenvalue weighted by Gasteiger charge is -2.26. The van der Waals surface area contributed by atoms with Crippen molar-refractivity contribution < 1.29 is 9.50 Å². The third-order valence-electron chi connectivity index (χ3n) is 4.43. The van der Waals surface area contributed by atoms with Gasteiger partial charge in [0.1, 0.15) is 17.4 Å². The molecule has 0 saturated carbocycles. The minimum atomic E-state index is -0.334. The number of hydrogen-bond donors (Lipinski definition) is 1. The number of benzene rings is 1. The molecule has 0 bridgehead atoms. The fourth-order valence-electron chi connectivity index (χ4n) is 3.29. The molecule has 1 aliphatic heterocycles. The van der Waals surface area contributed by atoms with Crippen molar-refractivity contribution in [3.8, 4) is 5.75 Å². The molecule has 23 heavy (non-hydrogen) atoms. The fraction of sp³-hybridized carbons (Fsp3) is 0.294. The Labute approximate surface area is 133 Å². The third kappa shape index (κ3) is 2.30. The Balaban J connectivity index is 1.76. The van der Waals surface area contributed by atoms with Gasteiger partial charge in [0.2, 0.25) is 0 Å². The lowest BCUT2D eigenvalue weighted by Crippen LogP contribution is -2.24. The minimum absolute atomic E-state index is 0.0659. The number of phenols is 1. The van der Waals surface area contributed by atoms with Gasteiger partial charge < -0.3 is 10.0 Å². The van der Waals surface area contributed by atoms with Crippen molar-refractivity contribution in [1.29, 1.82) is 0 Å². The topological polar surface area (TPSA) is 53.7 Å². The first-order valence-corrected chi connectivity index (χ1v) is 7.69. The molecule has 1 fully saturated rings. The molecule has 118 valence electrons. The summed E-state index contributed by atoms with van der Waals surface area (Å²) in [7, 11) is 0. The normalized spacial score (nSPS) is 18.0. The second-order valence-electron chi connectivity index (χ2n) is 5.94. The molecule has 3 aromatic rings. The highest BCUT2D eigenvalue weighted by molar-refractivity contribution is 5.54. The monoisotopic (exact) mass is 312 g/mol. The number of fused-ring (bicyclic) bond motifs is 1. The van der Waals surface area contributed by atoms with E-state index in [0.717, 1.165) is 36.4 Å². The van der Waals surface area contributed by atoms with Crippen LogP contribution in [0, 0.1) is 12.7 Å². The van der Waals surface area contributed by atoms with Crippen LogP contribution in [0.3, 0.4) is 0 Å². The molecule has 2 aromatic heterocycles. The number of anilines is 1. The van der Waals surface area contributed by atoms with Crippen molar-refractivity contribution in [2.24, 2.45) is 0 Å². The molecule has 0 radical (unpaired) electrons. The Hall–Kier alpha value is -2.63. The molecule has 1 unspecified atom stereocenters. The molecule has 6 heteroatoms. The van der Waals surface area contributed by atoms with Crippen LogP contribution in [-0.2, 0) is 0 Å². The number of hydrogen-bond acceptors (Lipinski definition) is 4. The molecule has 0 aliphatic carbocycles. The molecule has 5 nitrogen and oxygen atoms in total. The van der Waals surface area contributed by atoms with E-state index in [1.807, 2.05) is 19.2 Å². The van der Waals surface area contributed by atoms with E-state index >= 15 is 0 Å². The van der Waals surface area contributed by atoms with Crippen molar-refractivity contribution >= 4 is 11.5 Å². The molecule has 1 saturated heterocycles. The summed E-state index contributed by atoms with van der Waals surface area (Å²) in [5, 5.41) is 14.3. The second kappa shape index (κ2) is 5.22. The average Bonchev–Trinajstić information content (AvgIpc) is 3.17. The van der Waals surface area contributed by atoms with E-state index in [4.69, 9.17) is 4.98 Å². The van der Waals surface area contributed by atoms with E-state index in [0.29, 0.717) is 5.56 Å². The average molecular weight is 312 g/mol. The van der Waals surface area contributed by atoms with Gasteiger partial charge in [-0.25, -0.2) is 13.9 Å². The van der Waals surface area contributed by atoms with Crippen molar-refractivity contribution in [2.45, 2.75) is 25.8 Å². The molecule has 4 rings (SSSR count). The predicted octanol–water partition coefficient (Wildman–Crippen LogP) is 3.22. The van der Waals surface area contributed by atoms with Crippen LogP contribution in [0.5, 0.6) is 5.75 Å². The summed E-state index contributed by atoms with van der Waals surface area (Å²) in [6.45, 7) is 2.80. The molecule has 0 spiro atoms. The first-order chi connectivity index (χ1) is 11.1. The summed E-state index contributed by atoms with van der Waals surface area (Å²) in [4.78, 5) is 6.82. The van der Waals surface area contributed by atoms with Crippen LogP contribution in [0.2, 0.25) is 0 Å². The zero-order valence-corrected chi connectivity index (χ0v) is 12.8. The standard InChI is InChI=1S/C17H17FN4O/c1-11-10-19-22-8-6-16(20-17(11)22)21-7-2-3-14(21)13-9-12(18)4-5-15(13)23/h4-6,8-10,14,23H,2-3,7H2,1H3. The van der Waals surface area contributed by atoms with Gasteiger partial charge in [0, 0.05) is 23.9 Å². The fourth-order valence-corrected chi connectivity index (χ4v) is 3.29. The summed E-state index contributed by atoms with van der Waals surface area (Å²) < 4.78 is 15.3. The SMILES string of the molecule is Cc1cnn2ccc(N3CCCC3c3cc(F)ccc3O)nc12. The second-order valence-corrected chi connectivity index (χ2v) is 5.94. The maximum atomic E-state index is 13.6. The number of phenolic OH excluding ortho intramolecular Hbond substituents is 1. The maximum absolute atomic E-state index is 13.6. The number of nitrogens with zero attached hydrogens (tertiary/aromatic N) is 4. The quantitative estimate of drug-likeness (QED) is 0.789. The van der Waals surface area contributed by atoms with Gasteiger partial charge in [-0.3, -0.25) is 0 Å². The number of aromatic hydroxyl groups is 1.